The van der Waals surface area contributed by atoms with Gasteiger partial charge in [0.15, 0.2) is 0 Å². The minimum atomic E-state index is 0.723. The van der Waals surface area contributed by atoms with Crippen LogP contribution in [-0.4, -0.2) is 50.5 Å². The van der Waals surface area contributed by atoms with Crippen LogP contribution in [0, 0.1) is 0 Å². The lowest BCUT2D eigenvalue weighted by atomic mass is 9.91. The van der Waals surface area contributed by atoms with E-state index in [1.54, 1.807) is 7.11 Å². The van der Waals surface area contributed by atoms with E-state index in [-0.39, 0.29) is 0 Å². The number of nitrogens with zero attached hydrogens (tertiary/aromatic N) is 1. The third kappa shape index (κ3) is 1.49. The van der Waals surface area contributed by atoms with Gasteiger partial charge in [-0.2, -0.15) is 0 Å². The first kappa shape index (κ1) is 8.48. The third-order valence-corrected chi connectivity index (χ3v) is 2.87. The first-order valence-electron chi connectivity index (χ1n) is 4.74. The lowest BCUT2D eigenvalue weighted by Gasteiger charge is -2.52. The Morgan fingerprint density at radius 3 is 2.75 bits per heavy atom. The zero-order valence-electron chi connectivity index (χ0n) is 7.66. The van der Waals surface area contributed by atoms with Crippen molar-refractivity contribution < 1.29 is 9.47 Å². The van der Waals surface area contributed by atoms with Gasteiger partial charge in [0.25, 0.3) is 0 Å². The first-order valence-corrected chi connectivity index (χ1v) is 4.74. The fourth-order valence-electron chi connectivity index (χ4n) is 2.17. The average Bonchev–Trinajstić information content (AvgIpc) is 2.13. The summed E-state index contributed by atoms with van der Waals surface area (Å²) in [5.41, 5.74) is 0. The molecule has 12 heavy (non-hydrogen) atoms. The van der Waals surface area contributed by atoms with Crippen LogP contribution in [0.3, 0.4) is 0 Å². The van der Waals surface area contributed by atoms with Gasteiger partial charge >= 0.3 is 0 Å². The van der Waals surface area contributed by atoms with Crippen molar-refractivity contribution in [1.82, 2.24) is 4.90 Å². The number of morpholine rings is 1. The van der Waals surface area contributed by atoms with E-state index >= 15 is 0 Å². The van der Waals surface area contributed by atoms with Crippen LogP contribution in [0.25, 0.3) is 0 Å². The molecule has 3 fully saturated rings. The van der Waals surface area contributed by atoms with Gasteiger partial charge < -0.3 is 9.47 Å². The summed E-state index contributed by atoms with van der Waals surface area (Å²) in [4.78, 5) is 2.56. The smallest absolute Gasteiger partial charge is 0.0623 e. The largest absolute Gasteiger partial charge is 0.385 e. The first-order chi connectivity index (χ1) is 5.92. The standard InChI is InChI=1S/C9H17NO2/c1-11-4-2-3-10-8-5-9(10)7-12-6-8/h8-9H,2-7H2,1H3. The van der Waals surface area contributed by atoms with Crippen LogP contribution in [-0.2, 0) is 9.47 Å². The molecule has 0 aromatic heterocycles. The van der Waals surface area contributed by atoms with Crippen molar-refractivity contribution in [1.29, 1.82) is 0 Å². The highest BCUT2D eigenvalue weighted by Crippen LogP contribution is 2.30. The maximum absolute atomic E-state index is 5.40. The highest BCUT2D eigenvalue weighted by Gasteiger charge is 2.41. The van der Waals surface area contributed by atoms with E-state index in [1.807, 2.05) is 0 Å². The van der Waals surface area contributed by atoms with Crippen molar-refractivity contribution in [3.05, 3.63) is 0 Å². The summed E-state index contributed by atoms with van der Waals surface area (Å²) in [6.07, 6.45) is 2.51. The van der Waals surface area contributed by atoms with Gasteiger partial charge in [0.05, 0.1) is 13.2 Å². The molecule has 2 bridgehead atoms. The lowest BCUT2D eigenvalue weighted by Crippen LogP contribution is -2.63. The second kappa shape index (κ2) is 3.73. The number of hydrogen-bond acceptors (Lipinski definition) is 3. The minimum Gasteiger partial charge on any atom is -0.385 e. The summed E-state index contributed by atoms with van der Waals surface area (Å²) in [7, 11) is 1.76. The minimum absolute atomic E-state index is 0.723. The topological polar surface area (TPSA) is 21.7 Å². The summed E-state index contributed by atoms with van der Waals surface area (Å²) < 4.78 is 10.4. The van der Waals surface area contributed by atoms with E-state index in [2.05, 4.69) is 4.90 Å². The summed E-state index contributed by atoms with van der Waals surface area (Å²) in [6.45, 7) is 3.97. The van der Waals surface area contributed by atoms with E-state index in [0.717, 1.165) is 38.3 Å². The molecule has 3 saturated heterocycles. The van der Waals surface area contributed by atoms with E-state index in [1.165, 1.54) is 13.0 Å². The van der Waals surface area contributed by atoms with Crippen LogP contribution in [0.1, 0.15) is 12.8 Å². The van der Waals surface area contributed by atoms with Crippen molar-refractivity contribution >= 4 is 0 Å². The maximum Gasteiger partial charge on any atom is 0.0623 e. The van der Waals surface area contributed by atoms with Crippen LogP contribution in [0.4, 0.5) is 0 Å². The Morgan fingerprint density at radius 2 is 2.17 bits per heavy atom. The van der Waals surface area contributed by atoms with Gasteiger partial charge in [-0.1, -0.05) is 0 Å². The second-order valence-corrected chi connectivity index (χ2v) is 3.66. The molecule has 3 heterocycles. The van der Waals surface area contributed by atoms with Gasteiger partial charge in [0, 0.05) is 32.3 Å². The number of rotatable bonds is 4. The van der Waals surface area contributed by atoms with E-state index in [9.17, 15) is 0 Å². The number of methoxy groups -OCH3 is 1. The Morgan fingerprint density at radius 1 is 1.42 bits per heavy atom. The van der Waals surface area contributed by atoms with Crippen LogP contribution < -0.4 is 0 Å². The average molecular weight is 171 g/mol. The van der Waals surface area contributed by atoms with E-state index in [0.29, 0.717) is 0 Å². The van der Waals surface area contributed by atoms with Crippen molar-refractivity contribution in [3.63, 3.8) is 0 Å². The van der Waals surface area contributed by atoms with Gasteiger partial charge in [-0.3, -0.25) is 4.90 Å². The van der Waals surface area contributed by atoms with Crippen molar-refractivity contribution in [2.75, 3.05) is 33.5 Å². The van der Waals surface area contributed by atoms with Crippen molar-refractivity contribution in [2.24, 2.45) is 0 Å². The normalized spacial score (nSPS) is 34.8. The van der Waals surface area contributed by atoms with Gasteiger partial charge in [-0.05, 0) is 12.8 Å². The molecule has 0 amide bonds. The molecule has 0 radical (unpaired) electrons. The van der Waals surface area contributed by atoms with E-state index in [4.69, 9.17) is 9.47 Å². The SMILES string of the molecule is COCCCN1C2COCC1C2. The van der Waals surface area contributed by atoms with Crippen molar-refractivity contribution in [3.8, 4) is 0 Å². The monoisotopic (exact) mass is 171 g/mol. The van der Waals surface area contributed by atoms with Crippen LogP contribution >= 0.6 is 0 Å². The fourth-order valence-corrected chi connectivity index (χ4v) is 2.17. The molecule has 0 aromatic rings. The van der Waals surface area contributed by atoms with Gasteiger partial charge in [-0.15, -0.1) is 0 Å². The Labute approximate surface area is 73.6 Å². The number of hydrogen-bond donors (Lipinski definition) is 0. The summed E-state index contributed by atoms with van der Waals surface area (Å²) in [5, 5.41) is 0. The van der Waals surface area contributed by atoms with Gasteiger partial charge in [0.2, 0.25) is 0 Å². The highest BCUT2D eigenvalue weighted by atomic mass is 16.5. The molecule has 0 saturated carbocycles. The van der Waals surface area contributed by atoms with Gasteiger partial charge in [-0.25, -0.2) is 0 Å². The zero-order chi connectivity index (χ0) is 8.39. The molecule has 3 aliphatic heterocycles. The summed E-state index contributed by atoms with van der Waals surface area (Å²) in [5.74, 6) is 0. The predicted molar refractivity (Wildman–Crippen MR) is 46.2 cm³/mol. The van der Waals surface area contributed by atoms with Crippen LogP contribution in [0.15, 0.2) is 0 Å². The summed E-state index contributed by atoms with van der Waals surface area (Å²) in [6, 6.07) is 1.45. The molecule has 0 aliphatic carbocycles. The predicted octanol–water partition coefficient (Wildman–Crippen LogP) is 0.496. The highest BCUT2D eigenvalue weighted by molar-refractivity contribution is 4.95. The molecule has 3 rings (SSSR count). The van der Waals surface area contributed by atoms with Crippen LogP contribution in [0.5, 0.6) is 0 Å². The van der Waals surface area contributed by atoms with Crippen LogP contribution in [0.2, 0.25) is 0 Å². The van der Waals surface area contributed by atoms with Crippen molar-refractivity contribution in [2.45, 2.75) is 24.9 Å². The Bertz CT molecular complexity index is 137. The van der Waals surface area contributed by atoms with Gasteiger partial charge in [0.1, 0.15) is 0 Å². The molecule has 3 aliphatic rings. The molecule has 2 unspecified atom stereocenters. The molecule has 0 aromatic carbocycles. The Hall–Kier alpha value is -0.120. The lowest BCUT2D eigenvalue weighted by molar-refractivity contribution is -0.128. The number of fused-ring (bicyclic) bond motifs is 2. The Balaban J connectivity index is 1.68. The Kier molecular flexibility index (Phi) is 2.63. The molecule has 0 N–H and O–H groups in total. The molecular weight excluding hydrogens is 154 g/mol. The number of ether oxygens (including phenoxy) is 2. The molecule has 3 nitrogen and oxygen atoms in total. The zero-order valence-corrected chi connectivity index (χ0v) is 7.66. The third-order valence-electron chi connectivity index (χ3n) is 2.87. The molecular formula is C9H17NO2. The molecule has 3 heteroatoms. The summed E-state index contributed by atoms with van der Waals surface area (Å²) >= 11 is 0. The second-order valence-electron chi connectivity index (χ2n) is 3.66. The quantitative estimate of drug-likeness (QED) is 0.575. The molecule has 70 valence electrons. The molecule has 0 spiro atoms. The maximum atomic E-state index is 5.40. The fraction of sp³-hybridized carbons (Fsp3) is 1.00. The molecule has 2 atom stereocenters. The van der Waals surface area contributed by atoms with E-state index < -0.39 is 0 Å².